The van der Waals surface area contributed by atoms with Crippen molar-refractivity contribution in [3.8, 4) is 0 Å². The van der Waals surface area contributed by atoms with E-state index in [4.69, 9.17) is 0 Å². The summed E-state index contributed by atoms with van der Waals surface area (Å²) in [5.41, 5.74) is 0.462. The van der Waals surface area contributed by atoms with Gasteiger partial charge in [0.1, 0.15) is 0 Å². The lowest BCUT2D eigenvalue weighted by Crippen LogP contribution is -2.43. The van der Waals surface area contributed by atoms with Gasteiger partial charge in [0.05, 0.1) is 12.2 Å². The fourth-order valence-corrected chi connectivity index (χ4v) is 2.96. The molecule has 1 amide bonds. The Morgan fingerprint density at radius 1 is 1.40 bits per heavy atom. The quantitative estimate of drug-likeness (QED) is 0.803. The average molecular weight is 278 g/mol. The number of hydrogen-bond donors (Lipinski definition) is 1. The standard InChI is InChI=1S/C13H22N6O/c1-9-6-18(8-12(9)17(2)3)13(20)11-7-19(16-15-11)10-4-14-5-10/h7,9-10,12,14H,4-6,8H2,1-3H3. The Bertz CT molecular complexity index is 495. The molecule has 0 spiro atoms. The maximum Gasteiger partial charge on any atom is 0.276 e. The van der Waals surface area contributed by atoms with Crippen molar-refractivity contribution in [2.75, 3.05) is 40.3 Å². The van der Waals surface area contributed by atoms with Crippen molar-refractivity contribution in [3.05, 3.63) is 11.9 Å². The summed E-state index contributed by atoms with van der Waals surface area (Å²) >= 11 is 0. The zero-order valence-electron chi connectivity index (χ0n) is 12.3. The van der Waals surface area contributed by atoms with Gasteiger partial charge in [0.25, 0.3) is 5.91 Å². The zero-order chi connectivity index (χ0) is 14.3. The number of hydrogen-bond acceptors (Lipinski definition) is 5. The van der Waals surface area contributed by atoms with Crippen molar-refractivity contribution in [2.45, 2.75) is 19.0 Å². The van der Waals surface area contributed by atoms with Gasteiger partial charge in [0.15, 0.2) is 5.69 Å². The van der Waals surface area contributed by atoms with Crippen LogP contribution in [-0.4, -0.2) is 77.0 Å². The van der Waals surface area contributed by atoms with Crippen LogP contribution in [0.15, 0.2) is 6.20 Å². The summed E-state index contributed by atoms with van der Waals surface area (Å²) in [4.78, 5) is 16.6. The zero-order valence-corrected chi connectivity index (χ0v) is 12.3. The van der Waals surface area contributed by atoms with Crippen LogP contribution in [0, 0.1) is 5.92 Å². The van der Waals surface area contributed by atoms with Gasteiger partial charge in [-0.3, -0.25) is 4.79 Å². The molecular formula is C13H22N6O. The minimum Gasteiger partial charge on any atom is -0.335 e. The van der Waals surface area contributed by atoms with Gasteiger partial charge in [0.2, 0.25) is 0 Å². The molecule has 0 radical (unpaired) electrons. The summed E-state index contributed by atoms with van der Waals surface area (Å²) in [7, 11) is 4.13. The van der Waals surface area contributed by atoms with Crippen LogP contribution in [0.25, 0.3) is 0 Å². The fourth-order valence-electron chi connectivity index (χ4n) is 2.96. The lowest BCUT2D eigenvalue weighted by atomic mass is 10.1. The summed E-state index contributed by atoms with van der Waals surface area (Å²) in [6.07, 6.45) is 1.78. The summed E-state index contributed by atoms with van der Waals surface area (Å²) < 4.78 is 1.80. The Morgan fingerprint density at radius 3 is 2.70 bits per heavy atom. The topological polar surface area (TPSA) is 66.3 Å². The first-order chi connectivity index (χ1) is 9.56. The van der Waals surface area contributed by atoms with Crippen LogP contribution < -0.4 is 5.32 Å². The van der Waals surface area contributed by atoms with Gasteiger partial charge in [-0.25, -0.2) is 4.68 Å². The third-order valence-corrected chi connectivity index (χ3v) is 4.39. The first kappa shape index (κ1) is 13.5. The number of likely N-dealkylation sites (N-methyl/N-ethyl adjacent to an activating group) is 1. The first-order valence-electron chi connectivity index (χ1n) is 7.14. The van der Waals surface area contributed by atoms with Gasteiger partial charge < -0.3 is 15.1 Å². The van der Waals surface area contributed by atoms with E-state index >= 15 is 0 Å². The van der Waals surface area contributed by atoms with Crippen LogP contribution in [0.4, 0.5) is 0 Å². The van der Waals surface area contributed by atoms with Crippen molar-refractivity contribution >= 4 is 5.91 Å². The molecule has 2 saturated heterocycles. The van der Waals surface area contributed by atoms with E-state index in [0.29, 0.717) is 23.7 Å². The third kappa shape index (κ3) is 2.31. The highest BCUT2D eigenvalue weighted by Crippen LogP contribution is 2.21. The van der Waals surface area contributed by atoms with E-state index in [1.54, 1.807) is 10.9 Å². The third-order valence-electron chi connectivity index (χ3n) is 4.39. The van der Waals surface area contributed by atoms with Gasteiger partial charge in [-0.15, -0.1) is 5.10 Å². The number of nitrogens with zero attached hydrogens (tertiary/aromatic N) is 5. The number of rotatable bonds is 3. The van der Waals surface area contributed by atoms with Crippen LogP contribution in [0.3, 0.4) is 0 Å². The maximum atomic E-state index is 12.5. The molecule has 2 aliphatic rings. The van der Waals surface area contributed by atoms with E-state index in [-0.39, 0.29) is 5.91 Å². The molecule has 1 aromatic rings. The van der Waals surface area contributed by atoms with E-state index in [9.17, 15) is 4.79 Å². The highest BCUT2D eigenvalue weighted by molar-refractivity contribution is 5.92. The largest absolute Gasteiger partial charge is 0.335 e. The molecule has 3 heterocycles. The van der Waals surface area contributed by atoms with Crippen molar-refractivity contribution < 1.29 is 4.79 Å². The van der Waals surface area contributed by atoms with E-state index in [2.05, 4.69) is 41.5 Å². The molecule has 20 heavy (non-hydrogen) atoms. The predicted octanol–water partition coefficient (Wildman–Crippen LogP) is -0.555. The molecule has 2 unspecified atom stereocenters. The number of amides is 1. The number of carbonyl (C=O) groups is 1. The van der Waals surface area contributed by atoms with Crippen molar-refractivity contribution in [3.63, 3.8) is 0 Å². The number of aromatic nitrogens is 3. The van der Waals surface area contributed by atoms with Crippen LogP contribution in [0.2, 0.25) is 0 Å². The molecule has 2 aliphatic heterocycles. The first-order valence-corrected chi connectivity index (χ1v) is 7.14. The summed E-state index contributed by atoms with van der Waals surface area (Å²) in [6, 6.07) is 0.765. The van der Waals surface area contributed by atoms with Crippen LogP contribution >= 0.6 is 0 Å². The molecule has 7 heteroatoms. The number of nitrogens with one attached hydrogen (secondary N) is 1. The number of carbonyl (C=O) groups excluding carboxylic acids is 1. The second-order valence-corrected chi connectivity index (χ2v) is 6.11. The highest BCUT2D eigenvalue weighted by atomic mass is 16.2. The van der Waals surface area contributed by atoms with Gasteiger partial charge >= 0.3 is 0 Å². The normalized spacial score (nSPS) is 27.1. The van der Waals surface area contributed by atoms with E-state index in [0.717, 1.165) is 26.2 Å². The van der Waals surface area contributed by atoms with Crippen LogP contribution in [0.1, 0.15) is 23.5 Å². The minimum absolute atomic E-state index is 0.000248. The van der Waals surface area contributed by atoms with E-state index in [1.807, 2.05) is 4.90 Å². The number of likely N-dealkylation sites (tertiary alicyclic amines) is 1. The smallest absolute Gasteiger partial charge is 0.276 e. The minimum atomic E-state index is -0.000248. The molecule has 0 saturated carbocycles. The Balaban J connectivity index is 1.68. The lowest BCUT2D eigenvalue weighted by molar-refractivity contribution is 0.0775. The maximum absolute atomic E-state index is 12.5. The van der Waals surface area contributed by atoms with Crippen molar-refractivity contribution in [2.24, 2.45) is 5.92 Å². The summed E-state index contributed by atoms with van der Waals surface area (Å²) in [5, 5.41) is 11.3. The molecule has 0 aliphatic carbocycles. The van der Waals surface area contributed by atoms with Gasteiger partial charge in [-0.1, -0.05) is 12.1 Å². The Labute approximate surface area is 118 Å². The Morgan fingerprint density at radius 2 is 2.15 bits per heavy atom. The Kier molecular flexibility index (Phi) is 3.47. The van der Waals surface area contributed by atoms with Crippen molar-refractivity contribution in [1.29, 1.82) is 0 Å². The molecule has 2 fully saturated rings. The predicted molar refractivity (Wildman–Crippen MR) is 74.5 cm³/mol. The molecular weight excluding hydrogens is 256 g/mol. The molecule has 0 aromatic carbocycles. The molecule has 1 aromatic heterocycles. The highest BCUT2D eigenvalue weighted by Gasteiger charge is 2.35. The molecule has 2 atom stereocenters. The average Bonchev–Trinajstić information content (AvgIpc) is 2.93. The van der Waals surface area contributed by atoms with Gasteiger partial charge in [-0.2, -0.15) is 0 Å². The fraction of sp³-hybridized carbons (Fsp3) is 0.769. The molecule has 1 N–H and O–H groups in total. The van der Waals surface area contributed by atoms with Gasteiger partial charge in [-0.05, 0) is 20.0 Å². The lowest BCUT2D eigenvalue weighted by Gasteiger charge is -2.26. The molecule has 0 bridgehead atoms. The second kappa shape index (κ2) is 5.14. The summed E-state index contributed by atoms with van der Waals surface area (Å²) in [5.74, 6) is 0.486. The Hall–Kier alpha value is -1.47. The van der Waals surface area contributed by atoms with Crippen molar-refractivity contribution in [1.82, 2.24) is 30.1 Å². The second-order valence-electron chi connectivity index (χ2n) is 6.11. The molecule has 110 valence electrons. The van der Waals surface area contributed by atoms with Gasteiger partial charge in [0, 0.05) is 32.2 Å². The molecule has 7 nitrogen and oxygen atoms in total. The monoisotopic (exact) mass is 278 g/mol. The van der Waals surface area contributed by atoms with Crippen LogP contribution in [0.5, 0.6) is 0 Å². The van der Waals surface area contributed by atoms with Crippen LogP contribution in [-0.2, 0) is 0 Å². The van der Waals surface area contributed by atoms with E-state index in [1.165, 1.54) is 0 Å². The SMILES string of the molecule is CC1CN(C(=O)c2cn(C3CNC3)nn2)CC1N(C)C. The van der Waals surface area contributed by atoms with E-state index < -0.39 is 0 Å². The molecule has 3 rings (SSSR count). The summed E-state index contributed by atoms with van der Waals surface area (Å²) in [6.45, 7) is 5.56.